The van der Waals surface area contributed by atoms with E-state index in [1.165, 1.54) is 0 Å². The molecule has 0 amide bonds. The number of hydrogen-bond donors (Lipinski definition) is 0. The molecule has 0 aliphatic carbocycles. The molecule has 0 saturated heterocycles. The van der Waals surface area contributed by atoms with Gasteiger partial charge in [0.25, 0.3) is 0 Å². The third-order valence-electron chi connectivity index (χ3n) is 3.65. The summed E-state index contributed by atoms with van der Waals surface area (Å²) in [6, 6.07) is 12.5. The fourth-order valence-electron chi connectivity index (χ4n) is 2.39. The van der Waals surface area contributed by atoms with Gasteiger partial charge in [0.1, 0.15) is 5.75 Å². The lowest BCUT2D eigenvalue weighted by Crippen LogP contribution is -2.05. The van der Waals surface area contributed by atoms with Crippen LogP contribution in [0.25, 0.3) is 6.08 Å². The predicted octanol–water partition coefficient (Wildman–Crippen LogP) is 3.06. The predicted molar refractivity (Wildman–Crippen MR) is 93.1 cm³/mol. The van der Waals surface area contributed by atoms with Crippen LogP contribution in [0.4, 0.5) is 0 Å². The van der Waals surface area contributed by atoms with Crippen LogP contribution in [-0.4, -0.2) is 33.2 Å². The van der Waals surface area contributed by atoms with Crippen LogP contribution in [0.1, 0.15) is 11.1 Å². The monoisotopic (exact) mass is 339 g/mol. The van der Waals surface area contributed by atoms with Crippen LogP contribution in [0.15, 0.2) is 53.2 Å². The van der Waals surface area contributed by atoms with Gasteiger partial charge in [-0.15, -0.1) is 0 Å². The summed E-state index contributed by atoms with van der Waals surface area (Å²) >= 11 is 0. The first-order valence-electron chi connectivity index (χ1n) is 7.53. The molecule has 25 heavy (non-hydrogen) atoms. The quantitative estimate of drug-likeness (QED) is 0.619. The van der Waals surface area contributed by atoms with Crippen molar-refractivity contribution in [3.63, 3.8) is 0 Å². The van der Waals surface area contributed by atoms with E-state index in [1.807, 2.05) is 0 Å². The summed E-state index contributed by atoms with van der Waals surface area (Å²) in [7, 11) is 4.69. The average Bonchev–Trinajstić information content (AvgIpc) is 3.02. The molecule has 0 saturated carbocycles. The Balaban J connectivity index is 1.93. The normalized spacial score (nSPS) is 14.9. The number of benzene rings is 2. The topological polar surface area (TPSA) is 66.3 Å². The third-order valence-corrected chi connectivity index (χ3v) is 3.65. The van der Waals surface area contributed by atoms with Gasteiger partial charge in [0.05, 0.1) is 21.3 Å². The van der Waals surface area contributed by atoms with E-state index in [0.717, 1.165) is 5.56 Å². The van der Waals surface area contributed by atoms with E-state index >= 15 is 0 Å². The second kappa shape index (κ2) is 7.09. The Labute approximate surface area is 145 Å². The molecule has 3 rings (SSSR count). The SMILES string of the molecule is COc1cccc(C2=N/C(=C\c3ccc(OC)c(OC)c3)C(=O)O2)c1. The molecule has 0 N–H and O–H groups in total. The summed E-state index contributed by atoms with van der Waals surface area (Å²) in [4.78, 5) is 16.4. The number of aliphatic imine (C=N–C) groups is 1. The van der Waals surface area contributed by atoms with Crippen molar-refractivity contribution in [2.24, 2.45) is 4.99 Å². The smallest absolute Gasteiger partial charge is 0.363 e. The maximum Gasteiger partial charge on any atom is 0.363 e. The van der Waals surface area contributed by atoms with Crippen LogP contribution in [0.3, 0.4) is 0 Å². The molecule has 0 spiro atoms. The van der Waals surface area contributed by atoms with Crippen molar-refractivity contribution in [1.82, 2.24) is 0 Å². The van der Waals surface area contributed by atoms with Gasteiger partial charge in [-0.1, -0.05) is 12.1 Å². The van der Waals surface area contributed by atoms with Crippen molar-refractivity contribution < 1.29 is 23.7 Å². The van der Waals surface area contributed by atoms with Gasteiger partial charge in [-0.3, -0.25) is 0 Å². The van der Waals surface area contributed by atoms with Crippen LogP contribution in [0.2, 0.25) is 0 Å². The zero-order valence-electron chi connectivity index (χ0n) is 14.1. The summed E-state index contributed by atoms with van der Waals surface area (Å²) in [5.74, 6) is 1.58. The largest absolute Gasteiger partial charge is 0.497 e. The van der Waals surface area contributed by atoms with E-state index in [0.29, 0.717) is 22.8 Å². The van der Waals surface area contributed by atoms with Crippen LogP contribution in [0, 0.1) is 0 Å². The molecule has 0 atom stereocenters. The van der Waals surface area contributed by atoms with Crippen LogP contribution >= 0.6 is 0 Å². The van der Waals surface area contributed by atoms with Gasteiger partial charge in [-0.2, -0.15) is 0 Å². The van der Waals surface area contributed by atoms with Crippen LogP contribution in [0.5, 0.6) is 17.2 Å². The van der Waals surface area contributed by atoms with Crippen molar-refractivity contribution in [1.29, 1.82) is 0 Å². The van der Waals surface area contributed by atoms with Crippen molar-refractivity contribution >= 4 is 17.9 Å². The molecule has 6 heteroatoms. The fraction of sp³-hybridized carbons (Fsp3) is 0.158. The third kappa shape index (κ3) is 3.47. The average molecular weight is 339 g/mol. The number of carbonyl (C=O) groups excluding carboxylic acids is 1. The van der Waals surface area contributed by atoms with E-state index in [2.05, 4.69) is 4.99 Å². The van der Waals surface area contributed by atoms with E-state index < -0.39 is 5.97 Å². The van der Waals surface area contributed by atoms with Gasteiger partial charge < -0.3 is 18.9 Å². The summed E-state index contributed by atoms with van der Waals surface area (Å²) < 4.78 is 20.9. The molecule has 0 radical (unpaired) electrons. The number of hydrogen-bond acceptors (Lipinski definition) is 6. The van der Waals surface area contributed by atoms with Crippen LogP contribution < -0.4 is 14.2 Å². The Kier molecular flexibility index (Phi) is 4.70. The number of esters is 1. The standard InChI is InChI=1S/C19H17NO5/c1-22-14-6-4-5-13(11-14)18-20-15(19(21)25-18)9-12-7-8-16(23-2)17(10-12)24-3/h4-11H,1-3H3/b15-9-. The molecular weight excluding hydrogens is 322 g/mol. The number of nitrogens with zero attached hydrogens (tertiary/aromatic N) is 1. The minimum atomic E-state index is -0.507. The first kappa shape index (κ1) is 16.6. The number of rotatable bonds is 5. The highest BCUT2D eigenvalue weighted by Gasteiger charge is 2.24. The molecule has 6 nitrogen and oxygen atoms in total. The Morgan fingerprint density at radius 2 is 1.76 bits per heavy atom. The fourth-order valence-corrected chi connectivity index (χ4v) is 2.39. The molecule has 1 aliphatic heterocycles. The summed E-state index contributed by atoms with van der Waals surface area (Å²) in [6.07, 6.45) is 1.64. The van der Waals surface area contributed by atoms with Gasteiger partial charge in [-0.05, 0) is 42.0 Å². The molecule has 1 aliphatic rings. The molecule has 2 aromatic carbocycles. The van der Waals surface area contributed by atoms with E-state index in [9.17, 15) is 4.79 Å². The number of cyclic esters (lactones) is 1. The zero-order chi connectivity index (χ0) is 17.8. The van der Waals surface area contributed by atoms with Crippen molar-refractivity contribution in [2.45, 2.75) is 0 Å². The minimum Gasteiger partial charge on any atom is -0.497 e. The maximum absolute atomic E-state index is 12.1. The number of ether oxygens (including phenoxy) is 4. The first-order chi connectivity index (χ1) is 12.1. The van der Waals surface area contributed by atoms with Gasteiger partial charge in [-0.25, -0.2) is 9.79 Å². The summed E-state index contributed by atoms with van der Waals surface area (Å²) in [5, 5.41) is 0. The van der Waals surface area contributed by atoms with Crippen molar-refractivity contribution in [3.8, 4) is 17.2 Å². The zero-order valence-corrected chi connectivity index (χ0v) is 14.1. The van der Waals surface area contributed by atoms with E-state index in [4.69, 9.17) is 18.9 Å². The second-order valence-electron chi connectivity index (χ2n) is 5.18. The molecule has 0 aromatic heterocycles. The molecule has 0 unspecified atom stereocenters. The van der Waals surface area contributed by atoms with E-state index in [-0.39, 0.29) is 11.6 Å². The lowest BCUT2D eigenvalue weighted by atomic mass is 10.1. The Hall–Kier alpha value is -3.28. The lowest BCUT2D eigenvalue weighted by molar-refractivity contribution is -0.129. The van der Waals surface area contributed by atoms with Gasteiger partial charge >= 0.3 is 5.97 Å². The molecule has 0 bridgehead atoms. The molecule has 128 valence electrons. The van der Waals surface area contributed by atoms with Gasteiger partial charge in [0.2, 0.25) is 5.90 Å². The Bertz CT molecular complexity index is 870. The highest BCUT2D eigenvalue weighted by atomic mass is 16.6. The van der Waals surface area contributed by atoms with Crippen molar-refractivity contribution in [3.05, 3.63) is 59.3 Å². The second-order valence-corrected chi connectivity index (χ2v) is 5.18. The Morgan fingerprint density at radius 1 is 0.960 bits per heavy atom. The van der Waals surface area contributed by atoms with Gasteiger partial charge in [0.15, 0.2) is 17.2 Å². The molecule has 1 heterocycles. The number of carbonyl (C=O) groups is 1. The van der Waals surface area contributed by atoms with E-state index in [1.54, 1.807) is 69.9 Å². The Morgan fingerprint density at radius 3 is 2.48 bits per heavy atom. The molecule has 2 aromatic rings. The molecular formula is C19H17NO5. The summed E-state index contributed by atoms with van der Waals surface area (Å²) in [5.41, 5.74) is 1.63. The van der Waals surface area contributed by atoms with Crippen molar-refractivity contribution in [2.75, 3.05) is 21.3 Å². The highest BCUT2D eigenvalue weighted by Crippen LogP contribution is 2.29. The molecule has 0 fully saturated rings. The lowest BCUT2D eigenvalue weighted by Gasteiger charge is -2.07. The highest BCUT2D eigenvalue weighted by molar-refractivity contribution is 6.13. The van der Waals surface area contributed by atoms with Crippen LogP contribution in [-0.2, 0) is 9.53 Å². The minimum absolute atomic E-state index is 0.213. The number of methoxy groups -OCH3 is 3. The summed E-state index contributed by atoms with van der Waals surface area (Å²) in [6.45, 7) is 0. The van der Waals surface area contributed by atoms with Gasteiger partial charge in [0, 0.05) is 5.56 Å². The maximum atomic E-state index is 12.1. The first-order valence-corrected chi connectivity index (χ1v) is 7.53.